The van der Waals surface area contributed by atoms with Crippen molar-refractivity contribution in [3.63, 3.8) is 0 Å². The molecule has 13 heteroatoms. The van der Waals surface area contributed by atoms with Crippen molar-refractivity contribution >= 4 is 18.1 Å². The van der Waals surface area contributed by atoms with E-state index in [1.54, 1.807) is 24.2 Å². The number of carbonyl (C=O) groups is 3. The van der Waals surface area contributed by atoms with Gasteiger partial charge in [0.1, 0.15) is 23.3 Å². The Kier molecular flexibility index (Phi) is 8.84. The van der Waals surface area contributed by atoms with Crippen LogP contribution >= 0.6 is 0 Å². The first-order valence-electron chi connectivity index (χ1n) is 19.3. The third kappa shape index (κ3) is 6.65. The molecule has 2 aliphatic carbocycles. The zero-order chi connectivity index (χ0) is 39.0. The number of amides is 3. The Labute approximate surface area is 320 Å². The van der Waals surface area contributed by atoms with Gasteiger partial charge in [0.25, 0.3) is 0 Å². The molecule has 4 atom stereocenters. The molecule has 4 heterocycles. The second-order valence-electron chi connectivity index (χ2n) is 17.3. The standard InChI is InChI=1S/C42H50FN7O5/c1-23(2)34(48-38(52)54-7)37(51)50-22-42(14-15-42)19-33(50)36-45-21-31(47-36)25-11-13-27-26-12-10-24(17-28(26)41(6,43)29(27)18-25)30-20-44-35(46-30)32-9-8-16-49(32)39(53)55-40(3,4)5/h10-13,17-18,20-21,23,32-34H,8-9,14-16,19,22H2,1-7H3,(H,44,46)(H,45,47)(H,48,52)/t32-,33-,34-,41?/m0/s1. The number of rotatable bonds is 7. The molecule has 55 heavy (non-hydrogen) atoms. The molecule has 1 spiro atoms. The molecule has 4 aliphatic rings. The van der Waals surface area contributed by atoms with Crippen LogP contribution in [0, 0.1) is 11.3 Å². The Bertz CT molecular complexity index is 2160. The fourth-order valence-corrected chi connectivity index (χ4v) is 8.66. The number of carbonyl (C=O) groups excluding carboxylic acids is 3. The molecule has 8 rings (SSSR count). The first-order chi connectivity index (χ1) is 26.1. The summed E-state index contributed by atoms with van der Waals surface area (Å²) in [6.07, 6.45) is 7.03. The molecule has 12 nitrogen and oxygen atoms in total. The van der Waals surface area contributed by atoms with Crippen molar-refractivity contribution in [3.05, 3.63) is 71.6 Å². The van der Waals surface area contributed by atoms with Gasteiger partial charge >= 0.3 is 12.2 Å². The number of nitrogens with one attached hydrogen (secondary N) is 3. The van der Waals surface area contributed by atoms with Crippen molar-refractivity contribution in [2.45, 2.75) is 103 Å². The van der Waals surface area contributed by atoms with Crippen LogP contribution in [-0.2, 0) is 19.9 Å². The Morgan fingerprint density at radius 2 is 1.51 bits per heavy atom. The quantitative estimate of drug-likeness (QED) is 0.173. The lowest BCUT2D eigenvalue weighted by atomic mass is 9.93. The van der Waals surface area contributed by atoms with Crippen molar-refractivity contribution in [3.8, 4) is 33.6 Å². The molecule has 1 saturated carbocycles. The molecule has 2 aromatic carbocycles. The van der Waals surface area contributed by atoms with Crippen molar-refractivity contribution < 1.29 is 28.2 Å². The second-order valence-corrected chi connectivity index (χ2v) is 17.3. The topological polar surface area (TPSA) is 146 Å². The molecule has 3 amide bonds. The van der Waals surface area contributed by atoms with E-state index in [1.165, 1.54) is 7.11 Å². The van der Waals surface area contributed by atoms with E-state index in [0.717, 1.165) is 65.7 Å². The SMILES string of the molecule is COC(=O)N[C@H](C(=O)N1CC2(CC2)C[C@H]1c1ncc(-c2ccc3c(c2)C(C)(F)c2cc(-c4cnc([C@@H]5CCCN5C(=O)OC(C)(C)C)[nH]4)ccc2-3)[nH]1)C(C)C. The van der Waals surface area contributed by atoms with Crippen LogP contribution in [0.15, 0.2) is 48.8 Å². The molecule has 2 saturated heterocycles. The molecule has 0 bridgehead atoms. The summed E-state index contributed by atoms with van der Waals surface area (Å²) in [4.78, 5) is 58.9. The maximum atomic E-state index is 17.1. The Balaban J connectivity index is 1.03. The van der Waals surface area contributed by atoms with Crippen molar-refractivity contribution in [1.29, 1.82) is 0 Å². The predicted octanol–water partition coefficient (Wildman–Crippen LogP) is 8.19. The van der Waals surface area contributed by atoms with E-state index < -0.39 is 23.4 Å². The van der Waals surface area contributed by atoms with Gasteiger partial charge in [0.2, 0.25) is 5.91 Å². The highest BCUT2D eigenvalue weighted by Crippen LogP contribution is 2.58. The average molecular weight is 752 g/mol. The number of aromatic nitrogens is 4. The molecule has 1 unspecified atom stereocenters. The van der Waals surface area contributed by atoms with Crippen LogP contribution in [0.5, 0.6) is 0 Å². The maximum Gasteiger partial charge on any atom is 0.410 e. The third-order valence-corrected chi connectivity index (χ3v) is 11.8. The first-order valence-corrected chi connectivity index (χ1v) is 19.3. The van der Waals surface area contributed by atoms with Gasteiger partial charge in [0.15, 0.2) is 5.67 Å². The van der Waals surface area contributed by atoms with Gasteiger partial charge in [-0.1, -0.05) is 38.1 Å². The van der Waals surface area contributed by atoms with Gasteiger partial charge in [-0.2, -0.15) is 0 Å². The minimum absolute atomic E-state index is 0.0724. The number of methoxy groups -OCH3 is 1. The minimum atomic E-state index is -1.77. The number of likely N-dealkylation sites (tertiary alicyclic amines) is 2. The summed E-state index contributed by atoms with van der Waals surface area (Å²) >= 11 is 0. The van der Waals surface area contributed by atoms with Gasteiger partial charge in [0, 0.05) is 24.2 Å². The summed E-state index contributed by atoms with van der Waals surface area (Å²) in [6, 6.07) is 10.4. The van der Waals surface area contributed by atoms with Gasteiger partial charge in [-0.3, -0.25) is 9.69 Å². The fraction of sp³-hybridized carbons (Fsp3) is 0.500. The summed E-state index contributed by atoms with van der Waals surface area (Å²) in [7, 11) is 1.29. The number of imidazole rings is 2. The van der Waals surface area contributed by atoms with Crippen molar-refractivity contribution in [2.24, 2.45) is 11.3 Å². The Hall–Kier alpha value is -5.20. The molecule has 290 valence electrons. The zero-order valence-corrected chi connectivity index (χ0v) is 32.6. The predicted molar refractivity (Wildman–Crippen MR) is 204 cm³/mol. The smallest absolute Gasteiger partial charge is 0.410 e. The van der Waals surface area contributed by atoms with E-state index in [2.05, 4.69) is 20.3 Å². The van der Waals surface area contributed by atoms with Crippen LogP contribution < -0.4 is 5.32 Å². The van der Waals surface area contributed by atoms with Crippen LogP contribution in [0.4, 0.5) is 14.0 Å². The van der Waals surface area contributed by atoms with Crippen LogP contribution in [-0.4, -0.2) is 79.7 Å². The van der Waals surface area contributed by atoms with E-state index in [9.17, 15) is 14.4 Å². The van der Waals surface area contributed by atoms with Crippen molar-refractivity contribution in [2.75, 3.05) is 20.2 Å². The lowest BCUT2D eigenvalue weighted by Crippen LogP contribution is -2.51. The maximum absolute atomic E-state index is 17.1. The number of halogens is 1. The van der Waals surface area contributed by atoms with Crippen LogP contribution in [0.2, 0.25) is 0 Å². The van der Waals surface area contributed by atoms with Gasteiger partial charge in [-0.05, 0) is 106 Å². The Morgan fingerprint density at radius 1 is 0.927 bits per heavy atom. The number of benzene rings is 2. The number of H-pyrrole nitrogens is 2. The molecule has 4 aromatic rings. The highest BCUT2D eigenvalue weighted by Gasteiger charge is 2.55. The highest BCUT2D eigenvalue weighted by molar-refractivity contribution is 5.87. The monoisotopic (exact) mass is 751 g/mol. The molecule has 3 fully saturated rings. The zero-order valence-electron chi connectivity index (χ0n) is 32.6. The normalized spacial score (nSPS) is 22.9. The molecule has 3 N–H and O–H groups in total. The summed E-state index contributed by atoms with van der Waals surface area (Å²) in [5, 5.41) is 2.73. The molecule has 2 aliphatic heterocycles. The van der Waals surface area contributed by atoms with E-state index in [-0.39, 0.29) is 35.4 Å². The molecule has 0 radical (unpaired) electrons. The summed E-state index contributed by atoms with van der Waals surface area (Å²) < 4.78 is 27.5. The van der Waals surface area contributed by atoms with Gasteiger partial charge < -0.3 is 29.7 Å². The van der Waals surface area contributed by atoms with E-state index in [1.807, 2.05) is 75.9 Å². The fourth-order valence-electron chi connectivity index (χ4n) is 8.66. The summed E-state index contributed by atoms with van der Waals surface area (Å²) in [5.74, 6) is 1.07. The number of hydrogen-bond acceptors (Lipinski definition) is 7. The van der Waals surface area contributed by atoms with Crippen LogP contribution in [0.1, 0.15) is 109 Å². The van der Waals surface area contributed by atoms with Gasteiger partial charge in [-0.25, -0.2) is 23.9 Å². The average Bonchev–Trinajstić information content (AvgIpc) is 3.73. The van der Waals surface area contributed by atoms with Crippen LogP contribution in [0.3, 0.4) is 0 Å². The number of ether oxygens (including phenoxy) is 2. The number of alkyl carbamates (subject to hydrolysis) is 1. The minimum Gasteiger partial charge on any atom is -0.453 e. The third-order valence-electron chi connectivity index (χ3n) is 11.8. The summed E-state index contributed by atoms with van der Waals surface area (Å²) in [6.45, 7) is 12.2. The highest BCUT2D eigenvalue weighted by atomic mass is 19.1. The second kappa shape index (κ2) is 13.2. The van der Waals surface area contributed by atoms with Crippen LogP contribution in [0.25, 0.3) is 33.6 Å². The van der Waals surface area contributed by atoms with Gasteiger partial charge in [-0.15, -0.1) is 0 Å². The first kappa shape index (κ1) is 36.8. The number of aromatic amines is 2. The molecule has 2 aromatic heterocycles. The number of nitrogens with zero attached hydrogens (tertiary/aromatic N) is 4. The van der Waals surface area contributed by atoms with E-state index in [0.29, 0.717) is 35.9 Å². The lowest BCUT2D eigenvalue weighted by Gasteiger charge is -2.30. The largest absolute Gasteiger partial charge is 0.453 e. The number of hydrogen-bond donors (Lipinski definition) is 3. The number of fused-ring (bicyclic) bond motifs is 3. The van der Waals surface area contributed by atoms with Crippen molar-refractivity contribution in [1.82, 2.24) is 35.1 Å². The Morgan fingerprint density at radius 3 is 2.04 bits per heavy atom. The lowest BCUT2D eigenvalue weighted by molar-refractivity contribution is -0.135. The molecular weight excluding hydrogens is 702 g/mol. The summed E-state index contributed by atoms with van der Waals surface area (Å²) in [5.41, 5.74) is 3.61. The van der Waals surface area contributed by atoms with Gasteiger partial charge in [0.05, 0.1) is 43.0 Å². The molecular formula is C42H50FN7O5. The number of alkyl halides is 1. The van der Waals surface area contributed by atoms with E-state index >= 15 is 4.39 Å². The van der Waals surface area contributed by atoms with E-state index in [4.69, 9.17) is 14.5 Å².